The number of carbonyl (C=O) groups is 1. The summed E-state index contributed by atoms with van der Waals surface area (Å²) in [6, 6.07) is 9.77. The van der Waals surface area contributed by atoms with Crippen molar-refractivity contribution in [1.29, 1.82) is 0 Å². The minimum absolute atomic E-state index is 0.0508. The maximum absolute atomic E-state index is 13.5. The van der Waals surface area contributed by atoms with Gasteiger partial charge in [0, 0.05) is 11.1 Å². The second kappa shape index (κ2) is 7.58. The second-order valence-corrected chi connectivity index (χ2v) is 6.19. The highest BCUT2D eigenvalue weighted by Gasteiger charge is 2.13. The zero-order valence-electron chi connectivity index (χ0n) is 12.5. The number of carbonyl (C=O) groups excluding carboxylic acids is 1. The number of anilines is 1. The van der Waals surface area contributed by atoms with Gasteiger partial charge in [0.1, 0.15) is 11.6 Å². The van der Waals surface area contributed by atoms with Crippen molar-refractivity contribution >= 4 is 35.0 Å². The van der Waals surface area contributed by atoms with Crippen LogP contribution in [0, 0.1) is 11.6 Å². The summed E-state index contributed by atoms with van der Waals surface area (Å²) in [6.45, 7) is 0. The molecule has 6 nitrogen and oxygen atoms in total. The van der Waals surface area contributed by atoms with Crippen molar-refractivity contribution in [2.75, 3.05) is 11.1 Å². The number of tetrazole rings is 1. The highest BCUT2D eigenvalue weighted by molar-refractivity contribution is 7.99. The molecule has 1 heterocycles. The molecule has 0 spiro atoms. The molecule has 0 aliphatic carbocycles. The molecule has 0 aliphatic heterocycles. The van der Waals surface area contributed by atoms with Crippen LogP contribution < -0.4 is 5.32 Å². The molecule has 1 N–H and O–H groups in total. The average molecular weight is 382 g/mol. The van der Waals surface area contributed by atoms with Gasteiger partial charge < -0.3 is 5.32 Å². The molecule has 0 radical (unpaired) electrons. The molecule has 128 valence electrons. The molecule has 0 aliphatic rings. The molecule has 3 rings (SSSR count). The van der Waals surface area contributed by atoms with Crippen LogP contribution in [0.4, 0.5) is 14.5 Å². The zero-order valence-corrected chi connectivity index (χ0v) is 14.1. The molecule has 0 saturated carbocycles. The molecule has 3 aromatic rings. The van der Waals surface area contributed by atoms with Gasteiger partial charge in [0.15, 0.2) is 0 Å². The van der Waals surface area contributed by atoms with E-state index in [2.05, 4.69) is 20.8 Å². The molecule has 0 bridgehead atoms. The number of amides is 1. The number of thioether (sulfide) groups is 1. The Bertz CT molecular complexity index is 903. The number of hydrogen-bond donors (Lipinski definition) is 1. The van der Waals surface area contributed by atoms with E-state index >= 15 is 0 Å². The molecule has 1 amide bonds. The van der Waals surface area contributed by atoms with Crippen LogP contribution in [0.1, 0.15) is 0 Å². The first-order chi connectivity index (χ1) is 12.0. The quantitative estimate of drug-likeness (QED) is 0.686. The van der Waals surface area contributed by atoms with E-state index in [1.165, 1.54) is 4.68 Å². The van der Waals surface area contributed by atoms with Gasteiger partial charge in [-0.3, -0.25) is 4.79 Å². The standard InChI is InChI=1S/C15H10ClF2N5OS/c16-9-1-4-11(5-2-9)23-15(20-21-22-23)25-8-14(24)19-13-6-3-10(17)7-12(13)18/h1-7H,8H2,(H,19,24). The molecule has 0 saturated heterocycles. The summed E-state index contributed by atoms with van der Waals surface area (Å²) >= 11 is 6.92. The third-order valence-electron chi connectivity index (χ3n) is 3.05. The second-order valence-electron chi connectivity index (χ2n) is 4.81. The monoisotopic (exact) mass is 381 g/mol. The predicted octanol–water partition coefficient (Wildman–Crippen LogP) is 3.32. The van der Waals surface area contributed by atoms with Crippen molar-refractivity contribution in [3.8, 4) is 5.69 Å². The fraction of sp³-hybridized carbons (Fsp3) is 0.0667. The van der Waals surface area contributed by atoms with Crippen LogP contribution in [0.15, 0.2) is 47.6 Å². The van der Waals surface area contributed by atoms with Crippen LogP contribution >= 0.6 is 23.4 Å². The molecule has 10 heteroatoms. The zero-order chi connectivity index (χ0) is 17.8. The lowest BCUT2D eigenvalue weighted by atomic mass is 10.3. The first-order valence-corrected chi connectivity index (χ1v) is 8.31. The van der Waals surface area contributed by atoms with Crippen molar-refractivity contribution in [3.05, 3.63) is 59.1 Å². The Morgan fingerprint density at radius 1 is 1.20 bits per heavy atom. The van der Waals surface area contributed by atoms with Gasteiger partial charge in [0.25, 0.3) is 0 Å². The van der Waals surface area contributed by atoms with Gasteiger partial charge in [-0.25, -0.2) is 8.78 Å². The third kappa shape index (κ3) is 4.31. The van der Waals surface area contributed by atoms with E-state index in [-0.39, 0.29) is 11.4 Å². The van der Waals surface area contributed by atoms with Crippen molar-refractivity contribution in [3.63, 3.8) is 0 Å². The SMILES string of the molecule is O=C(CSc1nnnn1-c1ccc(Cl)cc1)Nc1ccc(F)cc1F. The summed E-state index contributed by atoms with van der Waals surface area (Å²) in [6.07, 6.45) is 0. The number of halogens is 3. The Morgan fingerprint density at radius 2 is 1.96 bits per heavy atom. The average Bonchev–Trinajstić information content (AvgIpc) is 3.05. The van der Waals surface area contributed by atoms with Crippen LogP contribution in [0.25, 0.3) is 5.69 Å². The Hall–Kier alpha value is -2.52. The molecular weight excluding hydrogens is 372 g/mol. The number of nitrogens with zero attached hydrogens (tertiary/aromatic N) is 4. The van der Waals surface area contributed by atoms with Gasteiger partial charge in [-0.2, -0.15) is 4.68 Å². The maximum Gasteiger partial charge on any atom is 0.234 e. The Balaban J connectivity index is 1.65. The van der Waals surface area contributed by atoms with Crippen molar-refractivity contribution < 1.29 is 13.6 Å². The largest absolute Gasteiger partial charge is 0.323 e. The fourth-order valence-corrected chi connectivity index (χ4v) is 2.74. The van der Waals surface area contributed by atoms with Gasteiger partial charge in [0.05, 0.1) is 17.1 Å². The first kappa shape index (κ1) is 17.3. The van der Waals surface area contributed by atoms with Gasteiger partial charge >= 0.3 is 0 Å². The minimum atomic E-state index is -0.843. The number of hydrogen-bond acceptors (Lipinski definition) is 5. The van der Waals surface area contributed by atoms with Gasteiger partial charge in [0.2, 0.25) is 11.1 Å². The van der Waals surface area contributed by atoms with Crippen LogP contribution in [-0.4, -0.2) is 31.9 Å². The predicted molar refractivity (Wildman–Crippen MR) is 89.9 cm³/mol. The molecule has 0 fully saturated rings. The van der Waals surface area contributed by atoms with Crippen LogP contribution in [-0.2, 0) is 4.79 Å². The topological polar surface area (TPSA) is 72.7 Å². The molecule has 25 heavy (non-hydrogen) atoms. The van der Waals surface area contributed by atoms with Crippen molar-refractivity contribution in [2.45, 2.75) is 5.16 Å². The van der Waals surface area contributed by atoms with E-state index in [9.17, 15) is 13.6 Å². The van der Waals surface area contributed by atoms with Crippen molar-refractivity contribution in [1.82, 2.24) is 20.2 Å². The van der Waals surface area contributed by atoms with E-state index in [0.717, 1.165) is 23.9 Å². The van der Waals surface area contributed by atoms with E-state index in [1.54, 1.807) is 24.3 Å². The van der Waals surface area contributed by atoms with Crippen LogP contribution in [0.5, 0.6) is 0 Å². The lowest BCUT2D eigenvalue weighted by Crippen LogP contribution is -2.15. The van der Waals surface area contributed by atoms with E-state index in [4.69, 9.17) is 11.6 Å². The minimum Gasteiger partial charge on any atom is -0.323 e. The fourth-order valence-electron chi connectivity index (χ4n) is 1.92. The Kier molecular flexibility index (Phi) is 5.25. The number of rotatable bonds is 5. The summed E-state index contributed by atoms with van der Waals surface area (Å²) < 4.78 is 27.8. The summed E-state index contributed by atoms with van der Waals surface area (Å²) in [7, 11) is 0. The molecule has 2 aromatic carbocycles. The van der Waals surface area contributed by atoms with E-state index in [0.29, 0.717) is 21.9 Å². The Morgan fingerprint density at radius 3 is 2.68 bits per heavy atom. The number of nitrogens with one attached hydrogen (secondary N) is 1. The van der Waals surface area contributed by atoms with Gasteiger partial charge in [-0.1, -0.05) is 23.4 Å². The maximum atomic E-state index is 13.5. The lowest BCUT2D eigenvalue weighted by Gasteiger charge is -2.07. The van der Waals surface area contributed by atoms with E-state index < -0.39 is 17.5 Å². The number of benzene rings is 2. The summed E-state index contributed by atoms with van der Waals surface area (Å²) in [5, 5.41) is 14.6. The summed E-state index contributed by atoms with van der Waals surface area (Å²) in [5.74, 6) is -2.08. The molecular formula is C15H10ClF2N5OS. The third-order valence-corrected chi connectivity index (χ3v) is 4.22. The molecule has 0 unspecified atom stereocenters. The highest BCUT2D eigenvalue weighted by atomic mass is 35.5. The smallest absolute Gasteiger partial charge is 0.234 e. The van der Waals surface area contributed by atoms with Crippen LogP contribution in [0.2, 0.25) is 5.02 Å². The van der Waals surface area contributed by atoms with Crippen molar-refractivity contribution in [2.24, 2.45) is 0 Å². The summed E-state index contributed by atoms with van der Waals surface area (Å²) in [5.41, 5.74) is 0.589. The first-order valence-electron chi connectivity index (χ1n) is 6.95. The van der Waals surface area contributed by atoms with Gasteiger partial charge in [-0.15, -0.1) is 5.10 Å². The highest BCUT2D eigenvalue weighted by Crippen LogP contribution is 2.20. The molecule has 0 atom stereocenters. The normalized spacial score (nSPS) is 10.7. The molecule has 1 aromatic heterocycles. The lowest BCUT2D eigenvalue weighted by molar-refractivity contribution is -0.113. The van der Waals surface area contributed by atoms with Crippen LogP contribution in [0.3, 0.4) is 0 Å². The van der Waals surface area contributed by atoms with Gasteiger partial charge in [-0.05, 0) is 46.8 Å². The Labute approximate surface area is 150 Å². The number of aromatic nitrogens is 4. The van der Waals surface area contributed by atoms with E-state index in [1.807, 2.05) is 0 Å². The summed E-state index contributed by atoms with van der Waals surface area (Å²) in [4.78, 5) is 11.9.